The molecule has 0 amide bonds. The molecule has 12 heteroatoms. The fourth-order valence-corrected chi connectivity index (χ4v) is 2.97. The Bertz CT molecular complexity index is 882. The maximum absolute atomic E-state index is 12.9. The van der Waals surface area contributed by atoms with Crippen LogP contribution in [0.25, 0.3) is 0 Å². The molecule has 9 nitrogen and oxygen atoms in total. The topological polar surface area (TPSA) is 104 Å². The first kappa shape index (κ1) is 18.0. The quantitative estimate of drug-likeness (QED) is 0.818. The molecule has 1 aliphatic heterocycles. The van der Waals surface area contributed by atoms with Gasteiger partial charge in [0.25, 0.3) is 0 Å². The summed E-state index contributed by atoms with van der Waals surface area (Å²) in [5.41, 5.74) is -1.50. The van der Waals surface area contributed by atoms with Gasteiger partial charge >= 0.3 is 18.0 Å². The smallest absolute Gasteiger partial charge is 0.450 e. The van der Waals surface area contributed by atoms with Crippen LogP contribution in [0.4, 0.5) is 18.0 Å². The lowest BCUT2D eigenvalue weighted by atomic mass is 10.1. The molecule has 0 saturated carbocycles. The van der Waals surface area contributed by atoms with E-state index in [1.165, 1.54) is 0 Å². The monoisotopic (exact) mass is 375 g/mol. The van der Waals surface area contributed by atoms with Gasteiger partial charge in [-0.2, -0.15) is 23.4 Å². The van der Waals surface area contributed by atoms with E-state index in [2.05, 4.69) is 10.2 Å². The zero-order valence-electron chi connectivity index (χ0n) is 13.7. The molecule has 0 bridgehead atoms. The Hall–Kier alpha value is -2.79. The summed E-state index contributed by atoms with van der Waals surface area (Å²) in [6.07, 6.45) is -5.73. The molecule has 2 aromatic heterocycles. The summed E-state index contributed by atoms with van der Waals surface area (Å²) in [7, 11) is 0. The average Bonchev–Trinajstić information content (AvgIpc) is 3.09. The molecule has 1 N–H and O–H groups in total. The van der Waals surface area contributed by atoms with E-state index in [1.807, 2.05) is 0 Å². The highest BCUT2D eigenvalue weighted by Crippen LogP contribution is 2.29. The highest BCUT2D eigenvalue weighted by molar-refractivity contribution is 5.56. The van der Waals surface area contributed by atoms with E-state index in [-0.39, 0.29) is 18.8 Å². The zero-order chi connectivity index (χ0) is 19.1. The first-order chi connectivity index (χ1) is 12.2. The van der Waals surface area contributed by atoms with Gasteiger partial charge in [-0.25, -0.2) is 18.8 Å². The number of nitrogens with zero attached hydrogens (tertiary/aromatic N) is 5. The molecule has 0 aliphatic carbocycles. The van der Waals surface area contributed by atoms with Crippen LogP contribution in [0, 0.1) is 0 Å². The van der Waals surface area contributed by atoms with Crippen LogP contribution in [0.1, 0.15) is 43.2 Å². The summed E-state index contributed by atoms with van der Waals surface area (Å²) < 4.78 is 46.6. The van der Waals surface area contributed by atoms with Gasteiger partial charge in [0.2, 0.25) is 0 Å². The molecule has 2 aromatic rings. The van der Waals surface area contributed by atoms with Crippen molar-refractivity contribution in [3.05, 3.63) is 33.8 Å². The third-order valence-corrected chi connectivity index (χ3v) is 4.08. The van der Waals surface area contributed by atoms with Gasteiger partial charge in [0, 0.05) is 19.4 Å². The highest BCUT2D eigenvalue weighted by Gasteiger charge is 2.35. The standard InChI is InChI=1S/C14H16F3N5O4/c1-2-20-8(6-9(18-20)14(15,16)17)7-21-12(23)22-10(19-21)4-3-5-11(22)26-13(24)25/h6,11H,2-5,7H2,1H3,(H,24,25)/t11-/m0/s1. The molecule has 1 atom stereocenters. The third-order valence-electron chi connectivity index (χ3n) is 4.08. The second-order valence-corrected chi connectivity index (χ2v) is 5.79. The van der Waals surface area contributed by atoms with Gasteiger partial charge in [0.15, 0.2) is 11.9 Å². The number of carboxylic acid groups (broad SMARTS) is 1. The molecule has 1 aliphatic rings. The molecule has 0 saturated heterocycles. The molecule has 142 valence electrons. The van der Waals surface area contributed by atoms with Crippen LogP contribution < -0.4 is 5.69 Å². The fourth-order valence-electron chi connectivity index (χ4n) is 2.97. The Labute approximate surface area is 144 Å². The number of rotatable bonds is 4. The van der Waals surface area contributed by atoms with Crippen LogP contribution in [0.2, 0.25) is 0 Å². The molecule has 26 heavy (non-hydrogen) atoms. The summed E-state index contributed by atoms with van der Waals surface area (Å²) >= 11 is 0. The first-order valence-electron chi connectivity index (χ1n) is 7.92. The summed E-state index contributed by atoms with van der Waals surface area (Å²) in [6, 6.07) is 0.875. The van der Waals surface area contributed by atoms with Crippen LogP contribution in [-0.2, 0) is 30.4 Å². The van der Waals surface area contributed by atoms with Gasteiger partial charge < -0.3 is 9.84 Å². The molecule has 0 spiro atoms. The predicted octanol–water partition coefficient (Wildman–Crippen LogP) is 1.86. The first-order valence-corrected chi connectivity index (χ1v) is 7.92. The Morgan fingerprint density at radius 2 is 2.12 bits per heavy atom. The normalized spacial score (nSPS) is 17.2. The van der Waals surface area contributed by atoms with Crippen molar-refractivity contribution < 1.29 is 27.8 Å². The number of aryl methyl sites for hydroxylation is 2. The highest BCUT2D eigenvalue weighted by atomic mass is 19.4. The number of fused-ring (bicyclic) bond motifs is 1. The van der Waals surface area contributed by atoms with E-state index in [0.29, 0.717) is 25.1 Å². The van der Waals surface area contributed by atoms with E-state index < -0.39 is 29.9 Å². The van der Waals surface area contributed by atoms with Crippen molar-refractivity contribution in [2.45, 2.75) is 51.7 Å². The van der Waals surface area contributed by atoms with Crippen molar-refractivity contribution in [3.63, 3.8) is 0 Å². The molecule has 0 aromatic carbocycles. The third kappa shape index (κ3) is 3.30. The lowest BCUT2D eigenvalue weighted by molar-refractivity contribution is -0.141. The van der Waals surface area contributed by atoms with Crippen molar-refractivity contribution in [2.24, 2.45) is 0 Å². The second kappa shape index (κ2) is 6.50. The fraction of sp³-hybridized carbons (Fsp3) is 0.571. The molecule has 3 rings (SSSR count). The molecular formula is C14H16F3N5O4. The number of alkyl halides is 3. The lowest BCUT2D eigenvalue weighted by Gasteiger charge is -2.21. The molecule has 3 heterocycles. The number of hydrogen-bond donors (Lipinski definition) is 1. The number of halogens is 3. The average molecular weight is 375 g/mol. The predicted molar refractivity (Wildman–Crippen MR) is 79.6 cm³/mol. The number of hydrogen-bond acceptors (Lipinski definition) is 5. The summed E-state index contributed by atoms with van der Waals surface area (Å²) in [4.78, 5) is 23.3. The minimum absolute atomic E-state index is 0.174. The van der Waals surface area contributed by atoms with Crippen molar-refractivity contribution >= 4 is 6.16 Å². The van der Waals surface area contributed by atoms with Crippen molar-refractivity contribution in [1.29, 1.82) is 0 Å². The van der Waals surface area contributed by atoms with Gasteiger partial charge in [0.1, 0.15) is 5.82 Å². The molecular weight excluding hydrogens is 359 g/mol. The summed E-state index contributed by atoms with van der Waals surface area (Å²) in [5, 5.41) is 16.4. The Morgan fingerprint density at radius 3 is 2.73 bits per heavy atom. The van der Waals surface area contributed by atoms with Crippen molar-refractivity contribution in [2.75, 3.05) is 0 Å². The van der Waals surface area contributed by atoms with E-state index in [4.69, 9.17) is 9.84 Å². The maximum Gasteiger partial charge on any atom is 0.507 e. The van der Waals surface area contributed by atoms with Crippen LogP contribution >= 0.6 is 0 Å². The van der Waals surface area contributed by atoms with Gasteiger partial charge in [-0.05, 0) is 19.4 Å². The number of carbonyl (C=O) groups is 1. The van der Waals surface area contributed by atoms with E-state index in [0.717, 1.165) is 20.0 Å². The summed E-state index contributed by atoms with van der Waals surface area (Å²) in [6.45, 7) is 1.61. The Kier molecular flexibility index (Phi) is 4.50. The van der Waals surface area contributed by atoms with Crippen LogP contribution in [0.5, 0.6) is 0 Å². The Balaban J connectivity index is 1.95. The van der Waals surface area contributed by atoms with Crippen LogP contribution in [-0.4, -0.2) is 35.4 Å². The SMILES string of the molecule is CCn1nc(C(F)(F)F)cc1Cn1nc2n(c1=O)[C@@H](OC(=O)O)CCC2. The Morgan fingerprint density at radius 1 is 1.38 bits per heavy atom. The van der Waals surface area contributed by atoms with E-state index in [1.54, 1.807) is 6.92 Å². The van der Waals surface area contributed by atoms with Gasteiger partial charge in [-0.15, -0.1) is 0 Å². The minimum atomic E-state index is -4.59. The van der Waals surface area contributed by atoms with Gasteiger partial charge in [-0.1, -0.05) is 0 Å². The lowest BCUT2D eigenvalue weighted by Crippen LogP contribution is -2.33. The van der Waals surface area contributed by atoms with E-state index in [9.17, 15) is 22.8 Å². The maximum atomic E-state index is 12.9. The minimum Gasteiger partial charge on any atom is -0.450 e. The molecule has 0 unspecified atom stereocenters. The van der Waals surface area contributed by atoms with E-state index >= 15 is 0 Å². The second-order valence-electron chi connectivity index (χ2n) is 5.79. The molecule has 0 radical (unpaired) electrons. The van der Waals surface area contributed by atoms with Crippen molar-refractivity contribution in [1.82, 2.24) is 24.1 Å². The van der Waals surface area contributed by atoms with Gasteiger partial charge in [0.05, 0.1) is 12.2 Å². The van der Waals surface area contributed by atoms with Gasteiger partial charge in [-0.3, -0.25) is 4.68 Å². The zero-order valence-corrected chi connectivity index (χ0v) is 13.7. The number of aromatic nitrogens is 5. The summed E-state index contributed by atoms with van der Waals surface area (Å²) in [5.74, 6) is 0.339. The molecule has 0 fully saturated rings. The largest absolute Gasteiger partial charge is 0.507 e. The number of ether oxygens (including phenoxy) is 1. The van der Waals surface area contributed by atoms with Crippen LogP contribution in [0.3, 0.4) is 0 Å². The van der Waals surface area contributed by atoms with Crippen LogP contribution in [0.15, 0.2) is 10.9 Å². The van der Waals surface area contributed by atoms with Crippen molar-refractivity contribution in [3.8, 4) is 0 Å².